The minimum atomic E-state index is 0.376. The summed E-state index contributed by atoms with van der Waals surface area (Å²) in [5.74, 6) is 0. The summed E-state index contributed by atoms with van der Waals surface area (Å²) in [5, 5.41) is 0. The van der Waals surface area contributed by atoms with Gasteiger partial charge in [0.25, 0.3) is 0 Å². The van der Waals surface area contributed by atoms with E-state index in [-0.39, 0.29) is 0 Å². The van der Waals surface area contributed by atoms with Gasteiger partial charge in [-0.25, -0.2) is 0 Å². The molecule has 0 aromatic rings. The first kappa shape index (κ1) is 12.9. The molecule has 0 amide bonds. The van der Waals surface area contributed by atoms with E-state index in [1.54, 1.807) is 0 Å². The largest absolute Gasteiger partial charge is 0.379 e. The van der Waals surface area contributed by atoms with E-state index in [1.807, 2.05) is 13.8 Å². The fourth-order valence-electron chi connectivity index (χ4n) is 1.02. The van der Waals surface area contributed by atoms with Gasteiger partial charge in [0, 0.05) is 13.2 Å². The Morgan fingerprint density at radius 3 is 1.67 bits per heavy atom. The average Bonchev–Trinajstić information content (AvgIpc) is 3.14. The van der Waals surface area contributed by atoms with E-state index in [4.69, 9.17) is 18.9 Å². The van der Waals surface area contributed by atoms with Gasteiger partial charge in [-0.15, -0.1) is 0 Å². The zero-order valence-corrected chi connectivity index (χ0v) is 9.74. The third-order valence-corrected chi connectivity index (χ3v) is 1.99. The molecule has 2 heterocycles. The third kappa shape index (κ3) is 7.73. The maximum Gasteiger partial charge on any atom is 0.104 e. The first-order valence-corrected chi connectivity index (χ1v) is 5.84. The summed E-state index contributed by atoms with van der Waals surface area (Å²) in [7, 11) is 0. The smallest absolute Gasteiger partial charge is 0.104 e. The Labute approximate surface area is 91.8 Å². The molecule has 2 aliphatic heterocycles. The summed E-state index contributed by atoms with van der Waals surface area (Å²) < 4.78 is 20.7. The Hall–Kier alpha value is -0.160. The molecule has 0 spiro atoms. The molecule has 0 aromatic heterocycles. The molecular weight excluding hydrogens is 196 g/mol. The normalized spacial score (nSPS) is 26.8. The zero-order valence-electron chi connectivity index (χ0n) is 9.74. The van der Waals surface area contributed by atoms with Gasteiger partial charge in [-0.3, -0.25) is 0 Å². The molecule has 0 aromatic carbocycles. The van der Waals surface area contributed by atoms with Crippen molar-refractivity contribution < 1.29 is 18.9 Å². The maximum absolute atomic E-state index is 5.34. The van der Waals surface area contributed by atoms with Crippen molar-refractivity contribution in [2.24, 2.45) is 0 Å². The standard InChI is InChI=1S/C9H16O4.C2H6/c1(2-10-4-8-6-12-8)3-11-5-9-7-13-9;1-2/h8-9H,1-7H2;1-2H3. The van der Waals surface area contributed by atoms with Crippen LogP contribution in [0.4, 0.5) is 0 Å². The average molecular weight is 218 g/mol. The summed E-state index contributed by atoms with van der Waals surface area (Å²) in [6, 6.07) is 0. The van der Waals surface area contributed by atoms with E-state index in [1.165, 1.54) is 0 Å². The van der Waals surface area contributed by atoms with Crippen molar-refractivity contribution in [3.8, 4) is 0 Å². The molecule has 4 nitrogen and oxygen atoms in total. The van der Waals surface area contributed by atoms with Gasteiger partial charge < -0.3 is 18.9 Å². The highest BCUT2D eigenvalue weighted by atomic mass is 16.6. The Balaban J connectivity index is 0.000000531. The summed E-state index contributed by atoms with van der Waals surface area (Å²) >= 11 is 0. The highest BCUT2D eigenvalue weighted by molar-refractivity contribution is 4.67. The van der Waals surface area contributed by atoms with Crippen LogP contribution >= 0.6 is 0 Å². The molecule has 2 rings (SSSR count). The van der Waals surface area contributed by atoms with E-state index in [0.717, 1.165) is 46.1 Å². The minimum Gasteiger partial charge on any atom is -0.379 e. The van der Waals surface area contributed by atoms with Crippen molar-refractivity contribution in [3.63, 3.8) is 0 Å². The molecule has 2 atom stereocenters. The van der Waals surface area contributed by atoms with Crippen LogP contribution in [0.5, 0.6) is 0 Å². The predicted octanol–water partition coefficient (Wildman–Crippen LogP) is 1.23. The molecular formula is C11H22O4. The van der Waals surface area contributed by atoms with Crippen molar-refractivity contribution in [2.45, 2.75) is 32.5 Å². The van der Waals surface area contributed by atoms with Crippen LogP contribution in [0.1, 0.15) is 20.3 Å². The number of ether oxygens (including phenoxy) is 4. The second kappa shape index (κ2) is 8.05. The van der Waals surface area contributed by atoms with Crippen LogP contribution in [0, 0.1) is 0 Å². The van der Waals surface area contributed by atoms with Crippen molar-refractivity contribution >= 4 is 0 Å². The highest BCUT2D eigenvalue weighted by Gasteiger charge is 2.22. The van der Waals surface area contributed by atoms with Gasteiger partial charge in [-0.2, -0.15) is 0 Å². The highest BCUT2D eigenvalue weighted by Crippen LogP contribution is 2.09. The lowest BCUT2D eigenvalue weighted by Crippen LogP contribution is -2.07. The minimum absolute atomic E-state index is 0.376. The molecule has 2 unspecified atom stereocenters. The van der Waals surface area contributed by atoms with Gasteiger partial charge in [-0.1, -0.05) is 13.8 Å². The van der Waals surface area contributed by atoms with Gasteiger partial charge in [0.05, 0.1) is 26.4 Å². The van der Waals surface area contributed by atoms with Gasteiger partial charge in [0.2, 0.25) is 0 Å². The second-order valence-electron chi connectivity index (χ2n) is 3.41. The fourth-order valence-corrected chi connectivity index (χ4v) is 1.02. The predicted molar refractivity (Wildman–Crippen MR) is 57.1 cm³/mol. The molecule has 0 saturated carbocycles. The molecule has 0 N–H and O–H groups in total. The van der Waals surface area contributed by atoms with Crippen LogP contribution in [0.3, 0.4) is 0 Å². The van der Waals surface area contributed by atoms with E-state index >= 15 is 0 Å². The number of hydrogen-bond donors (Lipinski definition) is 0. The Bertz CT molecular complexity index is 128. The lowest BCUT2D eigenvalue weighted by molar-refractivity contribution is 0.0698. The zero-order chi connectivity index (χ0) is 10.9. The van der Waals surface area contributed by atoms with Crippen LogP contribution in [-0.2, 0) is 18.9 Å². The van der Waals surface area contributed by atoms with E-state index in [0.29, 0.717) is 12.2 Å². The van der Waals surface area contributed by atoms with Crippen LogP contribution in [0.2, 0.25) is 0 Å². The Kier molecular flexibility index (Phi) is 6.92. The Morgan fingerprint density at radius 2 is 1.33 bits per heavy atom. The van der Waals surface area contributed by atoms with Crippen molar-refractivity contribution in [1.82, 2.24) is 0 Å². The lowest BCUT2D eigenvalue weighted by Gasteiger charge is -2.02. The summed E-state index contributed by atoms with van der Waals surface area (Å²) in [5.41, 5.74) is 0. The monoisotopic (exact) mass is 218 g/mol. The van der Waals surface area contributed by atoms with Crippen LogP contribution < -0.4 is 0 Å². The summed E-state index contributed by atoms with van der Waals surface area (Å²) in [6.45, 7) is 8.76. The Morgan fingerprint density at radius 1 is 0.933 bits per heavy atom. The van der Waals surface area contributed by atoms with Crippen LogP contribution in [0.15, 0.2) is 0 Å². The van der Waals surface area contributed by atoms with Crippen molar-refractivity contribution in [2.75, 3.05) is 39.6 Å². The number of rotatable bonds is 8. The summed E-state index contributed by atoms with van der Waals surface area (Å²) in [6.07, 6.45) is 1.71. The molecule has 15 heavy (non-hydrogen) atoms. The van der Waals surface area contributed by atoms with Crippen LogP contribution in [0.25, 0.3) is 0 Å². The topological polar surface area (TPSA) is 43.5 Å². The second-order valence-corrected chi connectivity index (χ2v) is 3.41. The summed E-state index contributed by atoms with van der Waals surface area (Å²) in [4.78, 5) is 0. The SMILES string of the molecule is C(COCC1CO1)COCC1CO1.CC. The van der Waals surface area contributed by atoms with Crippen molar-refractivity contribution in [1.29, 1.82) is 0 Å². The first-order chi connectivity index (χ1) is 7.45. The van der Waals surface area contributed by atoms with Crippen molar-refractivity contribution in [3.05, 3.63) is 0 Å². The van der Waals surface area contributed by atoms with E-state index in [2.05, 4.69) is 0 Å². The molecule has 2 aliphatic rings. The molecule has 0 aliphatic carbocycles. The quantitative estimate of drug-likeness (QED) is 0.454. The van der Waals surface area contributed by atoms with E-state index in [9.17, 15) is 0 Å². The van der Waals surface area contributed by atoms with Gasteiger partial charge >= 0.3 is 0 Å². The molecule has 0 radical (unpaired) electrons. The number of hydrogen-bond acceptors (Lipinski definition) is 4. The molecule has 0 bridgehead atoms. The third-order valence-electron chi connectivity index (χ3n) is 1.99. The van der Waals surface area contributed by atoms with Gasteiger partial charge in [0.1, 0.15) is 12.2 Å². The molecule has 2 fully saturated rings. The first-order valence-electron chi connectivity index (χ1n) is 5.84. The number of epoxide rings is 2. The lowest BCUT2D eigenvalue weighted by atomic mass is 10.4. The van der Waals surface area contributed by atoms with Crippen LogP contribution in [-0.4, -0.2) is 51.8 Å². The molecule has 90 valence electrons. The van der Waals surface area contributed by atoms with Gasteiger partial charge in [0.15, 0.2) is 0 Å². The van der Waals surface area contributed by atoms with E-state index < -0.39 is 0 Å². The molecule has 4 heteroatoms. The van der Waals surface area contributed by atoms with Gasteiger partial charge in [-0.05, 0) is 6.42 Å². The maximum atomic E-state index is 5.34. The molecule has 2 saturated heterocycles. The fraction of sp³-hybridized carbons (Fsp3) is 1.00.